The van der Waals surface area contributed by atoms with Gasteiger partial charge < -0.3 is 20.3 Å². The standard InChI is InChI=1S/C23H35N5OS/c1-3-24-22(25-13-9-17-29-19(2)20-10-5-4-6-11-20)26-14-12-21-18-30-23(27-21)28-15-7-8-16-28/h4-6,10-11,18-19H,3,7-9,12-17H2,1-2H3,(H2,24,25,26). The van der Waals surface area contributed by atoms with Gasteiger partial charge >= 0.3 is 0 Å². The van der Waals surface area contributed by atoms with Crippen molar-refractivity contribution in [2.45, 2.75) is 45.6 Å². The number of ether oxygens (including phenoxy) is 1. The Kier molecular flexibility index (Phi) is 9.44. The lowest BCUT2D eigenvalue weighted by Crippen LogP contribution is -2.38. The van der Waals surface area contributed by atoms with Crippen molar-refractivity contribution in [1.82, 2.24) is 15.6 Å². The van der Waals surface area contributed by atoms with E-state index in [1.165, 1.54) is 23.5 Å². The number of thiazole rings is 1. The third-order valence-electron chi connectivity index (χ3n) is 5.14. The largest absolute Gasteiger partial charge is 0.374 e. The van der Waals surface area contributed by atoms with E-state index in [0.29, 0.717) is 6.61 Å². The minimum atomic E-state index is 0.116. The second-order valence-electron chi connectivity index (χ2n) is 7.53. The zero-order valence-corrected chi connectivity index (χ0v) is 19.1. The second-order valence-corrected chi connectivity index (χ2v) is 8.37. The van der Waals surface area contributed by atoms with Crippen LogP contribution < -0.4 is 15.5 Å². The van der Waals surface area contributed by atoms with E-state index in [1.807, 2.05) is 18.2 Å². The fraction of sp³-hybridized carbons (Fsp3) is 0.565. The molecule has 3 rings (SSSR count). The molecular weight excluding hydrogens is 394 g/mol. The summed E-state index contributed by atoms with van der Waals surface area (Å²) in [5.74, 6) is 0.864. The third kappa shape index (κ3) is 7.29. The van der Waals surface area contributed by atoms with Crippen LogP contribution in [0.25, 0.3) is 0 Å². The normalized spacial score (nSPS) is 15.4. The Labute approximate surface area is 184 Å². The highest BCUT2D eigenvalue weighted by Crippen LogP contribution is 2.24. The number of benzene rings is 1. The Balaban J connectivity index is 1.34. The van der Waals surface area contributed by atoms with Gasteiger partial charge in [-0.05, 0) is 38.7 Å². The molecule has 164 valence electrons. The summed E-state index contributed by atoms with van der Waals surface area (Å²) in [6.07, 6.45) is 4.50. The van der Waals surface area contributed by atoms with Crippen molar-refractivity contribution in [2.24, 2.45) is 4.99 Å². The molecule has 1 fully saturated rings. The smallest absolute Gasteiger partial charge is 0.191 e. The number of anilines is 1. The fourth-order valence-corrected chi connectivity index (χ4v) is 4.36. The second kappa shape index (κ2) is 12.5. The van der Waals surface area contributed by atoms with Gasteiger partial charge in [0.15, 0.2) is 11.1 Å². The topological polar surface area (TPSA) is 61.8 Å². The molecule has 1 aromatic carbocycles. The summed E-state index contributed by atoms with van der Waals surface area (Å²) in [4.78, 5) is 11.9. The number of rotatable bonds is 11. The molecule has 2 aromatic rings. The Morgan fingerprint density at radius 3 is 2.80 bits per heavy atom. The molecule has 0 bridgehead atoms. The molecule has 30 heavy (non-hydrogen) atoms. The van der Waals surface area contributed by atoms with Crippen LogP contribution in [0.4, 0.5) is 5.13 Å². The molecular formula is C23H35N5OS. The van der Waals surface area contributed by atoms with Crippen LogP contribution in [-0.2, 0) is 11.2 Å². The Hall–Kier alpha value is -2.12. The van der Waals surface area contributed by atoms with E-state index in [-0.39, 0.29) is 6.10 Å². The van der Waals surface area contributed by atoms with E-state index in [4.69, 9.17) is 9.72 Å². The highest BCUT2D eigenvalue weighted by Gasteiger charge is 2.15. The molecule has 1 unspecified atom stereocenters. The van der Waals surface area contributed by atoms with Crippen molar-refractivity contribution in [3.63, 3.8) is 0 Å². The van der Waals surface area contributed by atoms with Gasteiger partial charge in [-0.15, -0.1) is 11.3 Å². The molecule has 0 spiro atoms. The van der Waals surface area contributed by atoms with Crippen LogP contribution >= 0.6 is 11.3 Å². The van der Waals surface area contributed by atoms with Crippen LogP contribution in [0.2, 0.25) is 0 Å². The predicted molar refractivity (Wildman–Crippen MR) is 127 cm³/mol. The van der Waals surface area contributed by atoms with E-state index < -0.39 is 0 Å². The molecule has 1 aliphatic rings. The third-order valence-corrected chi connectivity index (χ3v) is 6.09. The first-order valence-corrected chi connectivity index (χ1v) is 12.0. The van der Waals surface area contributed by atoms with E-state index in [9.17, 15) is 0 Å². The van der Waals surface area contributed by atoms with Crippen molar-refractivity contribution in [2.75, 3.05) is 44.2 Å². The Morgan fingerprint density at radius 1 is 1.23 bits per heavy atom. The van der Waals surface area contributed by atoms with Gasteiger partial charge in [0.2, 0.25) is 0 Å². The van der Waals surface area contributed by atoms with Crippen LogP contribution in [0, 0.1) is 0 Å². The van der Waals surface area contributed by atoms with Gasteiger partial charge in [-0.3, -0.25) is 4.99 Å². The van der Waals surface area contributed by atoms with Crippen LogP contribution in [-0.4, -0.2) is 50.3 Å². The molecule has 7 heteroatoms. The molecule has 2 N–H and O–H groups in total. The number of nitrogens with one attached hydrogen (secondary N) is 2. The zero-order chi connectivity index (χ0) is 21.0. The Morgan fingerprint density at radius 2 is 2.03 bits per heavy atom. The lowest BCUT2D eigenvalue weighted by molar-refractivity contribution is 0.0652. The van der Waals surface area contributed by atoms with Crippen LogP contribution in [0.15, 0.2) is 40.7 Å². The van der Waals surface area contributed by atoms with E-state index >= 15 is 0 Å². The fourth-order valence-electron chi connectivity index (χ4n) is 3.45. The summed E-state index contributed by atoms with van der Waals surface area (Å²) in [5, 5.41) is 10.1. The SMILES string of the molecule is CCNC(=NCCCOC(C)c1ccccc1)NCCc1csc(N2CCCC2)n1. The molecule has 1 atom stereocenters. The minimum Gasteiger partial charge on any atom is -0.374 e. The molecule has 2 heterocycles. The predicted octanol–water partition coefficient (Wildman–Crippen LogP) is 4.01. The van der Waals surface area contributed by atoms with Crippen molar-refractivity contribution < 1.29 is 4.74 Å². The first kappa shape index (κ1) is 22.6. The molecule has 0 amide bonds. The first-order chi connectivity index (χ1) is 14.8. The number of nitrogens with zero attached hydrogens (tertiary/aromatic N) is 3. The number of aromatic nitrogens is 1. The van der Waals surface area contributed by atoms with Gasteiger partial charge in [-0.1, -0.05) is 30.3 Å². The summed E-state index contributed by atoms with van der Waals surface area (Å²) in [6, 6.07) is 10.3. The van der Waals surface area contributed by atoms with Gasteiger partial charge in [0.05, 0.1) is 11.8 Å². The van der Waals surface area contributed by atoms with Crippen LogP contribution in [0.1, 0.15) is 50.5 Å². The summed E-state index contributed by atoms with van der Waals surface area (Å²) >= 11 is 1.76. The number of guanidine groups is 1. The number of aliphatic imine (C=N–C) groups is 1. The van der Waals surface area contributed by atoms with E-state index in [0.717, 1.165) is 57.2 Å². The van der Waals surface area contributed by atoms with Crippen LogP contribution in [0.5, 0.6) is 0 Å². The number of hydrogen-bond acceptors (Lipinski definition) is 5. The van der Waals surface area contributed by atoms with Gasteiger partial charge in [0, 0.05) is 51.1 Å². The maximum atomic E-state index is 5.93. The summed E-state index contributed by atoms with van der Waals surface area (Å²) < 4.78 is 5.93. The van der Waals surface area contributed by atoms with E-state index in [2.05, 4.69) is 51.9 Å². The Bertz CT molecular complexity index is 758. The minimum absolute atomic E-state index is 0.116. The zero-order valence-electron chi connectivity index (χ0n) is 18.3. The van der Waals surface area contributed by atoms with Crippen molar-refractivity contribution in [1.29, 1.82) is 0 Å². The lowest BCUT2D eigenvalue weighted by atomic mass is 10.1. The van der Waals surface area contributed by atoms with Gasteiger partial charge in [0.25, 0.3) is 0 Å². The van der Waals surface area contributed by atoms with Gasteiger partial charge in [-0.2, -0.15) is 0 Å². The van der Waals surface area contributed by atoms with Crippen LogP contribution in [0.3, 0.4) is 0 Å². The quantitative estimate of drug-likeness (QED) is 0.321. The van der Waals surface area contributed by atoms with Gasteiger partial charge in [-0.25, -0.2) is 4.98 Å². The first-order valence-electron chi connectivity index (χ1n) is 11.1. The summed E-state index contributed by atoms with van der Waals surface area (Å²) in [6.45, 7) is 9.61. The molecule has 1 aliphatic heterocycles. The molecule has 0 radical (unpaired) electrons. The van der Waals surface area contributed by atoms with Gasteiger partial charge in [0.1, 0.15) is 0 Å². The van der Waals surface area contributed by atoms with E-state index in [1.54, 1.807) is 11.3 Å². The maximum Gasteiger partial charge on any atom is 0.191 e. The van der Waals surface area contributed by atoms with Crippen molar-refractivity contribution in [3.05, 3.63) is 47.0 Å². The van der Waals surface area contributed by atoms with Crippen molar-refractivity contribution in [3.8, 4) is 0 Å². The average molecular weight is 430 g/mol. The molecule has 0 aliphatic carbocycles. The average Bonchev–Trinajstić information content (AvgIpc) is 3.46. The molecule has 1 saturated heterocycles. The summed E-state index contributed by atoms with van der Waals surface area (Å²) in [5.41, 5.74) is 2.37. The molecule has 1 aromatic heterocycles. The number of hydrogen-bond donors (Lipinski definition) is 2. The lowest BCUT2D eigenvalue weighted by Gasteiger charge is -2.13. The summed E-state index contributed by atoms with van der Waals surface area (Å²) in [7, 11) is 0. The monoisotopic (exact) mass is 429 g/mol. The van der Waals surface area contributed by atoms with Crippen molar-refractivity contribution >= 4 is 22.4 Å². The molecule has 6 nitrogen and oxygen atoms in total. The highest BCUT2D eigenvalue weighted by molar-refractivity contribution is 7.13. The maximum absolute atomic E-state index is 5.93. The molecule has 0 saturated carbocycles. The highest BCUT2D eigenvalue weighted by atomic mass is 32.1.